The molecule has 2 aliphatic rings. The zero-order valence-electron chi connectivity index (χ0n) is 29.8. The van der Waals surface area contributed by atoms with Crippen molar-refractivity contribution in [3.05, 3.63) is 48.0 Å². The summed E-state index contributed by atoms with van der Waals surface area (Å²) in [5, 5.41) is 2.90. The van der Waals surface area contributed by atoms with Crippen molar-refractivity contribution >= 4 is 5.91 Å². The summed E-state index contributed by atoms with van der Waals surface area (Å²) in [6.07, 6.45) is 0. The molecule has 0 radical (unpaired) electrons. The number of amides is 1. The van der Waals surface area contributed by atoms with Gasteiger partial charge in [-0.3, -0.25) is 4.79 Å². The fourth-order valence-electron chi connectivity index (χ4n) is 4.19. The highest BCUT2D eigenvalue weighted by molar-refractivity contribution is 6.02. The number of carbonyl (C=O) groups excluding carboxylic acids is 1. The van der Waals surface area contributed by atoms with Gasteiger partial charge in [0.15, 0.2) is 0 Å². The third kappa shape index (κ3) is 24.8. The molecule has 50 heavy (non-hydrogen) atoms. The zero-order chi connectivity index (χ0) is 35.4. The van der Waals surface area contributed by atoms with Crippen LogP contribution in [0.3, 0.4) is 0 Å². The Morgan fingerprint density at radius 1 is 0.420 bits per heavy atom. The van der Waals surface area contributed by atoms with Crippen LogP contribution < -0.4 is 5.32 Å². The van der Waals surface area contributed by atoms with Gasteiger partial charge >= 0.3 is 0 Å². The van der Waals surface area contributed by atoms with E-state index in [1.54, 1.807) is 7.11 Å². The van der Waals surface area contributed by atoms with Crippen LogP contribution in [0.4, 0.5) is 0 Å². The van der Waals surface area contributed by atoms with Gasteiger partial charge in [-0.2, -0.15) is 0 Å². The second-order valence-corrected chi connectivity index (χ2v) is 10.5. The van der Waals surface area contributed by atoms with E-state index < -0.39 is 0 Å². The molecular weight excluding hydrogens is 654 g/mol. The minimum Gasteiger partial charge on any atom is -0.382 e. The van der Waals surface area contributed by atoms with Crippen molar-refractivity contribution in [2.45, 2.75) is 0 Å². The molecule has 2 aliphatic carbocycles. The van der Waals surface area contributed by atoms with Crippen LogP contribution in [0.5, 0.6) is 0 Å². The van der Waals surface area contributed by atoms with Crippen molar-refractivity contribution in [1.82, 2.24) is 5.32 Å². The van der Waals surface area contributed by atoms with Gasteiger partial charge in [0.05, 0.1) is 152 Å². The Labute approximate surface area is 297 Å². The number of fused-ring (bicyclic) bond motifs is 1. The summed E-state index contributed by atoms with van der Waals surface area (Å²) >= 11 is 0. The zero-order valence-corrected chi connectivity index (χ0v) is 29.8. The van der Waals surface area contributed by atoms with E-state index in [9.17, 15) is 4.79 Å². The lowest BCUT2D eigenvalue weighted by Gasteiger charge is -2.09. The van der Waals surface area contributed by atoms with E-state index in [1.807, 2.05) is 42.5 Å². The van der Waals surface area contributed by atoms with Gasteiger partial charge < -0.3 is 62.2 Å². The van der Waals surface area contributed by atoms with Gasteiger partial charge in [0, 0.05) is 19.2 Å². The Morgan fingerprint density at radius 2 is 0.760 bits per heavy atom. The predicted octanol–water partition coefficient (Wildman–Crippen LogP) is 2.35. The smallest absolute Gasteiger partial charge is 0.251 e. The van der Waals surface area contributed by atoms with Gasteiger partial charge in [0.25, 0.3) is 5.91 Å². The lowest BCUT2D eigenvalue weighted by molar-refractivity contribution is -0.0279. The van der Waals surface area contributed by atoms with Crippen molar-refractivity contribution in [3.63, 3.8) is 0 Å². The second kappa shape index (κ2) is 33.8. The minimum absolute atomic E-state index is 0.102. The monoisotopic (exact) mass is 713 g/mol. The number of ether oxygens (including phenoxy) is 12. The highest BCUT2D eigenvalue weighted by atomic mass is 16.6. The molecule has 0 fully saturated rings. The highest BCUT2D eigenvalue weighted by Gasteiger charge is 2.14. The van der Waals surface area contributed by atoms with Crippen molar-refractivity contribution < 1.29 is 61.6 Å². The van der Waals surface area contributed by atoms with Crippen LogP contribution in [-0.2, 0) is 56.8 Å². The summed E-state index contributed by atoms with van der Waals surface area (Å²) < 4.78 is 65.0. The first-order valence-corrected chi connectivity index (χ1v) is 17.4. The van der Waals surface area contributed by atoms with Crippen LogP contribution >= 0.6 is 0 Å². The van der Waals surface area contributed by atoms with Crippen LogP contribution in [0, 0.1) is 0 Å². The quantitative estimate of drug-likeness (QED) is 0.103. The van der Waals surface area contributed by atoms with Crippen molar-refractivity contribution in [3.8, 4) is 11.1 Å². The number of nitrogens with one attached hydrogen (secondary N) is 1. The molecule has 2 rings (SSSR count). The van der Waals surface area contributed by atoms with Crippen LogP contribution in [0.25, 0.3) is 11.1 Å². The van der Waals surface area contributed by atoms with Gasteiger partial charge in [-0.15, -0.1) is 0 Å². The molecule has 1 amide bonds. The van der Waals surface area contributed by atoms with Crippen LogP contribution in [0.15, 0.2) is 42.5 Å². The average molecular weight is 714 g/mol. The molecule has 1 N–H and O–H groups in total. The molecular formula is C36H59NO13. The molecule has 0 aliphatic heterocycles. The third-order valence-electron chi connectivity index (χ3n) is 6.72. The van der Waals surface area contributed by atoms with E-state index in [4.69, 9.17) is 56.8 Å². The number of hydrogen-bond donors (Lipinski definition) is 1. The summed E-state index contributed by atoms with van der Waals surface area (Å²) in [7, 11) is 1.64. The standard InChI is InChI=1S/C36H59NO13/c1-39-11-12-41-15-16-43-19-20-45-23-24-47-27-28-49-31-32-50-30-29-48-26-25-46-22-21-44-18-17-42-14-13-40-10-9-37-36(38)35-8-7-33-5-3-2-4-6-34(33)35/h2-8H,9-32H2,1H3,(H,37,38). The molecule has 0 aromatic rings. The summed E-state index contributed by atoms with van der Waals surface area (Å²) in [4.78, 5) is 12.5. The lowest BCUT2D eigenvalue weighted by Crippen LogP contribution is -2.27. The maximum Gasteiger partial charge on any atom is 0.251 e. The van der Waals surface area contributed by atoms with E-state index in [0.717, 1.165) is 11.1 Å². The van der Waals surface area contributed by atoms with Crippen molar-refractivity contribution in [1.29, 1.82) is 0 Å². The first kappa shape index (κ1) is 43.9. The molecule has 0 spiro atoms. The van der Waals surface area contributed by atoms with Gasteiger partial charge in [0.1, 0.15) is 0 Å². The maximum absolute atomic E-state index is 12.5. The first-order valence-electron chi connectivity index (χ1n) is 17.4. The van der Waals surface area contributed by atoms with Crippen molar-refractivity contribution in [2.75, 3.05) is 166 Å². The molecule has 0 bridgehead atoms. The first-order chi connectivity index (χ1) is 24.8. The Hall–Kier alpha value is -2.31. The minimum atomic E-state index is -0.102. The Morgan fingerprint density at radius 3 is 1.14 bits per heavy atom. The topological polar surface area (TPSA) is 140 Å². The molecule has 0 aromatic heterocycles. The average Bonchev–Trinajstić information content (AvgIpc) is 3.39. The van der Waals surface area contributed by atoms with E-state index >= 15 is 0 Å². The van der Waals surface area contributed by atoms with Gasteiger partial charge in [-0.1, -0.05) is 36.4 Å². The van der Waals surface area contributed by atoms with E-state index in [-0.39, 0.29) is 5.91 Å². The van der Waals surface area contributed by atoms with Crippen LogP contribution in [0.2, 0.25) is 0 Å². The van der Waals surface area contributed by atoms with Gasteiger partial charge in [0.2, 0.25) is 0 Å². The van der Waals surface area contributed by atoms with E-state index in [1.165, 1.54) is 0 Å². The molecule has 0 saturated heterocycles. The SMILES string of the molecule is COCCOCCOCCOCCOCCOCCOCCOCCOCCOCCOCCOCCNC(=O)c1ccc2cccccc1-2. The van der Waals surface area contributed by atoms with E-state index in [0.29, 0.717) is 164 Å². The molecule has 0 heterocycles. The summed E-state index contributed by atoms with van der Waals surface area (Å²) in [6, 6.07) is 13.6. The Bertz CT molecular complexity index is 1000. The normalized spacial score (nSPS) is 11.5. The molecule has 0 atom stereocenters. The third-order valence-corrected chi connectivity index (χ3v) is 6.72. The molecule has 286 valence electrons. The van der Waals surface area contributed by atoms with Crippen molar-refractivity contribution in [2.24, 2.45) is 0 Å². The number of carbonyl (C=O) groups is 1. The van der Waals surface area contributed by atoms with E-state index in [2.05, 4.69) is 5.32 Å². The largest absolute Gasteiger partial charge is 0.382 e. The molecule has 0 saturated carbocycles. The summed E-state index contributed by atoms with van der Waals surface area (Å²) in [5.74, 6) is -0.102. The Balaban J connectivity index is 1.18. The van der Waals surface area contributed by atoms with Crippen LogP contribution in [0.1, 0.15) is 10.4 Å². The van der Waals surface area contributed by atoms with Gasteiger partial charge in [-0.05, 0) is 17.2 Å². The highest BCUT2D eigenvalue weighted by Crippen LogP contribution is 2.26. The Kier molecular flexibility index (Phi) is 29.7. The molecule has 0 unspecified atom stereocenters. The maximum atomic E-state index is 12.5. The summed E-state index contributed by atoms with van der Waals surface area (Å²) in [6.45, 7) is 12.1. The van der Waals surface area contributed by atoms with Crippen LogP contribution in [-0.4, -0.2) is 172 Å². The fourth-order valence-corrected chi connectivity index (χ4v) is 4.19. The predicted molar refractivity (Wildman–Crippen MR) is 186 cm³/mol. The van der Waals surface area contributed by atoms with Gasteiger partial charge in [-0.25, -0.2) is 0 Å². The molecule has 0 aromatic carbocycles. The number of methoxy groups -OCH3 is 1. The summed E-state index contributed by atoms with van der Waals surface area (Å²) in [5.41, 5.74) is 2.65. The number of hydrogen-bond acceptors (Lipinski definition) is 13. The molecule has 14 heteroatoms. The molecule has 14 nitrogen and oxygen atoms in total. The number of rotatable bonds is 37. The lowest BCUT2D eigenvalue weighted by atomic mass is 10.1. The second-order valence-electron chi connectivity index (χ2n) is 10.5. The fraction of sp³-hybridized carbons (Fsp3) is 0.694.